The van der Waals surface area contributed by atoms with Crippen molar-refractivity contribution in [2.45, 2.75) is 26.4 Å². The second kappa shape index (κ2) is 11.5. The summed E-state index contributed by atoms with van der Waals surface area (Å²) in [6.07, 6.45) is 2.61. The van der Waals surface area contributed by atoms with Crippen molar-refractivity contribution in [1.29, 1.82) is 0 Å². The molecule has 1 heterocycles. The normalized spacial score (nSPS) is 14.3. The highest BCUT2D eigenvalue weighted by Gasteiger charge is 2.42. The summed E-state index contributed by atoms with van der Waals surface area (Å²) in [5, 5.41) is 15.8. The number of hydrogen-bond donors (Lipinski definition) is 2. The molecule has 0 fully saturated rings. The van der Waals surface area contributed by atoms with Gasteiger partial charge in [0.2, 0.25) is 12.7 Å². The fourth-order valence-corrected chi connectivity index (χ4v) is 5.71. The molecule has 13 heteroatoms. The Kier molecular flexibility index (Phi) is 8.88. The number of nitro benzene ring substituents is 1. The fourth-order valence-electron chi connectivity index (χ4n) is 3.19. The lowest BCUT2D eigenvalue weighted by Crippen LogP contribution is -2.27. The zero-order valence-electron chi connectivity index (χ0n) is 20.0. The first kappa shape index (κ1) is 28.5. The number of benzene rings is 2. The highest BCUT2D eigenvalue weighted by Crippen LogP contribution is 2.58. The fraction of sp³-hybridized carbons (Fsp3) is 0.250. The maximum atomic E-state index is 13.3. The number of carbonyl (C=O) groups excluding carboxylic acids is 2. The largest absolute Gasteiger partial charge is 0.438 e. The number of halogens is 1. The van der Waals surface area contributed by atoms with E-state index in [0.29, 0.717) is 16.0 Å². The lowest BCUT2D eigenvalue weighted by Gasteiger charge is -2.22. The van der Waals surface area contributed by atoms with E-state index >= 15 is 0 Å². The molecule has 0 aliphatic carbocycles. The first-order chi connectivity index (χ1) is 17.3. The maximum Gasteiger partial charge on any atom is 0.347 e. The predicted octanol–water partition coefficient (Wildman–Crippen LogP) is 6.04. The van der Waals surface area contributed by atoms with Crippen molar-refractivity contribution in [2.24, 2.45) is 5.41 Å². The molecule has 37 heavy (non-hydrogen) atoms. The van der Waals surface area contributed by atoms with Crippen molar-refractivity contribution in [3.63, 3.8) is 0 Å². The number of fused-ring (bicyclic) bond motifs is 1. The molecule has 0 saturated heterocycles. The van der Waals surface area contributed by atoms with Crippen molar-refractivity contribution in [1.82, 2.24) is 5.32 Å². The summed E-state index contributed by atoms with van der Waals surface area (Å²) >= 11 is 7.37. The molecule has 3 rings (SSSR count). The lowest BCUT2D eigenvalue weighted by atomic mass is 9.98. The Morgan fingerprint density at radius 3 is 2.68 bits per heavy atom. The Hall–Kier alpha value is -3.08. The molecule has 0 spiro atoms. The highest BCUT2D eigenvalue weighted by atomic mass is 35.5. The third kappa shape index (κ3) is 7.24. The van der Waals surface area contributed by atoms with Gasteiger partial charge < -0.3 is 14.9 Å². The average molecular weight is 567 g/mol. The second-order valence-electron chi connectivity index (χ2n) is 8.92. The number of esters is 1. The van der Waals surface area contributed by atoms with E-state index in [9.17, 15) is 29.2 Å². The molecule has 3 aromatic rings. The molecule has 0 aliphatic heterocycles. The third-order valence-corrected chi connectivity index (χ3v) is 7.91. The van der Waals surface area contributed by atoms with Gasteiger partial charge >= 0.3 is 13.6 Å². The highest BCUT2D eigenvalue weighted by molar-refractivity contribution is 7.54. The van der Waals surface area contributed by atoms with Crippen molar-refractivity contribution >= 4 is 64.3 Å². The van der Waals surface area contributed by atoms with Gasteiger partial charge in [-0.15, -0.1) is 11.3 Å². The number of rotatable bonds is 9. The predicted molar refractivity (Wildman–Crippen MR) is 141 cm³/mol. The van der Waals surface area contributed by atoms with E-state index in [1.807, 2.05) is 0 Å². The minimum absolute atomic E-state index is 0.133. The Labute approximate surface area is 221 Å². The zero-order chi connectivity index (χ0) is 27.4. The van der Waals surface area contributed by atoms with E-state index in [2.05, 4.69) is 5.32 Å². The van der Waals surface area contributed by atoms with Crippen LogP contribution < -0.4 is 5.32 Å². The molecular weight excluding hydrogens is 543 g/mol. The standard InChI is InChI=1S/C24H24ClN2O8PS/c1-24(2,3)23(29)34-14-35-36(32,33)21(19-13-37-20-8-7-16(25)12-18(19)20)22(28)26-10-9-15-5-4-6-17(11-15)27(30)31/h4-13,21H,14H2,1-3H3,(H,26,28)(H,32,33). The van der Waals surface area contributed by atoms with Crippen LogP contribution >= 0.6 is 30.5 Å². The summed E-state index contributed by atoms with van der Waals surface area (Å²) in [5.74, 6) is -1.53. The van der Waals surface area contributed by atoms with E-state index in [1.54, 1.807) is 50.4 Å². The summed E-state index contributed by atoms with van der Waals surface area (Å²) in [4.78, 5) is 46.5. The first-order valence-corrected chi connectivity index (χ1v) is 13.7. The van der Waals surface area contributed by atoms with Crippen LogP contribution in [0.15, 0.2) is 54.0 Å². The number of thiophene rings is 1. The summed E-state index contributed by atoms with van der Waals surface area (Å²) < 4.78 is 24.1. The smallest absolute Gasteiger partial charge is 0.347 e. The van der Waals surface area contributed by atoms with Gasteiger partial charge in [-0.2, -0.15) is 0 Å². The van der Waals surface area contributed by atoms with Gasteiger partial charge in [0.25, 0.3) is 5.69 Å². The lowest BCUT2D eigenvalue weighted by molar-refractivity contribution is -0.384. The second-order valence-corrected chi connectivity index (χ2v) is 12.2. The summed E-state index contributed by atoms with van der Waals surface area (Å²) in [7, 11) is -4.76. The van der Waals surface area contributed by atoms with Gasteiger partial charge in [0, 0.05) is 28.1 Å². The molecule has 2 atom stereocenters. The number of nitrogens with one attached hydrogen (secondary N) is 1. The van der Waals surface area contributed by atoms with Gasteiger partial charge in [-0.1, -0.05) is 23.7 Å². The molecule has 2 N–H and O–H groups in total. The van der Waals surface area contributed by atoms with Crippen molar-refractivity contribution in [3.05, 3.63) is 80.3 Å². The van der Waals surface area contributed by atoms with Gasteiger partial charge in [0.1, 0.15) is 0 Å². The molecule has 10 nitrogen and oxygen atoms in total. The van der Waals surface area contributed by atoms with Crippen LogP contribution in [-0.4, -0.2) is 28.5 Å². The number of nitrogens with zero attached hydrogens (tertiary/aromatic N) is 1. The van der Waals surface area contributed by atoms with Crippen molar-refractivity contribution in [2.75, 3.05) is 6.79 Å². The SMILES string of the molecule is CC(C)(C)C(=O)OCOP(=O)(O)C(C(=O)NC=Cc1cccc([N+](=O)[O-])c1)c1csc2ccc(Cl)cc12. The molecule has 0 aliphatic rings. The number of ether oxygens (including phenoxy) is 1. The van der Waals surface area contributed by atoms with Crippen LogP contribution in [0.4, 0.5) is 5.69 Å². The molecule has 1 amide bonds. The molecule has 196 valence electrons. The number of hydrogen-bond acceptors (Lipinski definition) is 8. The van der Waals surface area contributed by atoms with Gasteiger partial charge in [-0.3, -0.25) is 28.8 Å². The Balaban J connectivity index is 1.89. The van der Waals surface area contributed by atoms with Crippen LogP contribution in [0, 0.1) is 15.5 Å². The van der Waals surface area contributed by atoms with Crippen molar-refractivity contribution in [3.8, 4) is 0 Å². The third-order valence-electron chi connectivity index (χ3n) is 5.06. The molecular formula is C24H24ClN2O8PS. The maximum absolute atomic E-state index is 13.3. The number of amides is 1. The van der Waals surface area contributed by atoms with Crippen LogP contribution in [0.2, 0.25) is 5.02 Å². The molecule has 2 unspecified atom stereocenters. The van der Waals surface area contributed by atoms with Gasteiger partial charge in [0.05, 0.1) is 10.3 Å². The van der Waals surface area contributed by atoms with Crippen LogP contribution in [0.3, 0.4) is 0 Å². The molecule has 0 saturated carbocycles. The quantitative estimate of drug-likeness (QED) is 0.105. The minimum Gasteiger partial charge on any atom is -0.438 e. The van der Waals surface area contributed by atoms with Gasteiger partial charge in [-0.05, 0) is 66.9 Å². The van der Waals surface area contributed by atoms with E-state index < -0.39 is 42.3 Å². The number of non-ortho nitro benzene ring substituents is 1. The van der Waals surface area contributed by atoms with E-state index in [-0.39, 0.29) is 11.3 Å². The summed E-state index contributed by atoms with van der Waals surface area (Å²) in [6, 6.07) is 10.6. The average Bonchev–Trinajstić information content (AvgIpc) is 3.20. The Bertz CT molecular complexity index is 1420. The Morgan fingerprint density at radius 2 is 2.00 bits per heavy atom. The van der Waals surface area contributed by atoms with Gasteiger partial charge in [-0.25, -0.2) is 0 Å². The van der Waals surface area contributed by atoms with E-state index in [4.69, 9.17) is 20.9 Å². The van der Waals surface area contributed by atoms with Crippen LogP contribution in [-0.2, 0) is 23.4 Å². The van der Waals surface area contributed by atoms with E-state index in [1.165, 1.54) is 41.8 Å². The first-order valence-electron chi connectivity index (χ1n) is 10.8. The van der Waals surface area contributed by atoms with Crippen LogP contribution in [0.5, 0.6) is 0 Å². The monoisotopic (exact) mass is 566 g/mol. The van der Waals surface area contributed by atoms with Gasteiger partial charge in [0.15, 0.2) is 5.66 Å². The number of nitro groups is 1. The summed E-state index contributed by atoms with van der Waals surface area (Å²) in [6.45, 7) is 4.00. The molecule has 2 aromatic carbocycles. The van der Waals surface area contributed by atoms with Crippen LogP contribution in [0.25, 0.3) is 16.2 Å². The van der Waals surface area contributed by atoms with Crippen molar-refractivity contribution < 1.29 is 33.2 Å². The number of carbonyl (C=O) groups is 2. The topological polar surface area (TPSA) is 145 Å². The zero-order valence-corrected chi connectivity index (χ0v) is 22.5. The van der Waals surface area contributed by atoms with E-state index in [0.717, 1.165) is 4.70 Å². The molecule has 0 radical (unpaired) electrons. The minimum atomic E-state index is -4.76. The van der Waals surface area contributed by atoms with Crippen LogP contribution in [0.1, 0.15) is 37.6 Å². The molecule has 0 bridgehead atoms. The Morgan fingerprint density at radius 1 is 1.27 bits per heavy atom. The summed E-state index contributed by atoms with van der Waals surface area (Å²) in [5.41, 5.74) is -2.06. The molecule has 1 aromatic heterocycles.